The second-order valence-corrected chi connectivity index (χ2v) is 10.1. The molecule has 2 fully saturated rings. The Morgan fingerprint density at radius 1 is 1.21 bits per heavy atom. The van der Waals surface area contributed by atoms with Crippen LogP contribution in [0.3, 0.4) is 0 Å². The van der Waals surface area contributed by atoms with Gasteiger partial charge in [-0.15, -0.1) is 0 Å². The summed E-state index contributed by atoms with van der Waals surface area (Å²) in [6, 6.07) is 5.97. The summed E-state index contributed by atoms with van der Waals surface area (Å²) in [6.45, 7) is 4.64. The Morgan fingerprint density at radius 3 is 2.74 bits per heavy atom. The van der Waals surface area contributed by atoms with Crippen LogP contribution in [0.25, 0.3) is 0 Å². The topological polar surface area (TPSA) is 91.5 Å². The van der Waals surface area contributed by atoms with Crippen molar-refractivity contribution in [3.8, 4) is 5.75 Å². The van der Waals surface area contributed by atoms with Crippen LogP contribution in [0.5, 0.6) is 5.75 Å². The normalized spacial score (nSPS) is 24.0. The molecule has 2 aromatic rings. The number of amides is 1. The van der Waals surface area contributed by atoms with Crippen molar-refractivity contribution in [1.82, 2.24) is 14.9 Å². The van der Waals surface area contributed by atoms with Gasteiger partial charge in [0.15, 0.2) is 6.10 Å². The lowest BCUT2D eigenvalue weighted by molar-refractivity contribution is -0.135. The molecule has 182 valence electrons. The lowest BCUT2D eigenvalue weighted by Crippen LogP contribution is -2.39. The number of carbonyl (C=O) groups is 1. The zero-order chi connectivity index (χ0) is 24.1. The lowest BCUT2D eigenvalue weighted by Gasteiger charge is -2.27. The number of carbonyl (C=O) groups excluding carboxylic acids is 1. The second kappa shape index (κ2) is 11.3. The molecule has 4 rings (SSSR count). The van der Waals surface area contributed by atoms with Crippen molar-refractivity contribution in [3.05, 3.63) is 52.6 Å². The summed E-state index contributed by atoms with van der Waals surface area (Å²) in [5.41, 5.74) is 9.18. The van der Waals surface area contributed by atoms with E-state index in [-0.39, 0.29) is 11.9 Å². The average Bonchev–Trinajstić information content (AvgIpc) is 3.04. The standard InChI is InChI=1S/C26H34ClN5O2/c1-17-14-20(18(2)31-28)8-10-23(17)34-24-12-13-32(26(24)33)22-5-3-4-19(6-9-22)7-11-25-29-15-21(27)16-30-25/h8,10,14-16,18-19,22,24,28H,3-7,9,11-13H2,1-2H3. The highest BCUT2D eigenvalue weighted by molar-refractivity contribution is 6.30. The van der Waals surface area contributed by atoms with E-state index in [0.717, 1.165) is 74.2 Å². The van der Waals surface area contributed by atoms with Gasteiger partial charge in [-0.3, -0.25) is 4.79 Å². The maximum Gasteiger partial charge on any atom is 0.263 e. The van der Waals surface area contributed by atoms with Crippen molar-refractivity contribution in [2.75, 3.05) is 6.54 Å². The van der Waals surface area contributed by atoms with Crippen LogP contribution in [0.2, 0.25) is 5.02 Å². The molecule has 2 aliphatic rings. The van der Waals surface area contributed by atoms with Crippen LogP contribution in [0.4, 0.5) is 0 Å². The minimum atomic E-state index is -0.413. The molecular weight excluding hydrogens is 450 g/mol. The highest BCUT2D eigenvalue weighted by Gasteiger charge is 2.38. The zero-order valence-corrected chi connectivity index (χ0v) is 20.8. The van der Waals surface area contributed by atoms with Gasteiger partial charge in [0.2, 0.25) is 0 Å². The SMILES string of the molecule is Cc1cc(C(C)N=N)ccc1OC1CCN(C2CCCC(CCc3ncc(Cl)cn3)CC2)C1=O. The van der Waals surface area contributed by atoms with Gasteiger partial charge in [0.05, 0.1) is 11.1 Å². The third kappa shape index (κ3) is 5.93. The largest absolute Gasteiger partial charge is 0.480 e. The molecule has 34 heavy (non-hydrogen) atoms. The minimum absolute atomic E-state index is 0.121. The number of aromatic nitrogens is 2. The number of nitrogens with zero attached hydrogens (tertiary/aromatic N) is 4. The first kappa shape index (κ1) is 24.6. The number of benzene rings is 1. The fourth-order valence-corrected chi connectivity index (χ4v) is 5.30. The molecule has 4 unspecified atom stereocenters. The predicted octanol–water partition coefficient (Wildman–Crippen LogP) is 6.09. The van der Waals surface area contributed by atoms with Gasteiger partial charge >= 0.3 is 0 Å². The number of likely N-dealkylation sites (tertiary alicyclic amines) is 1. The molecule has 2 heterocycles. The molecule has 1 aliphatic carbocycles. The second-order valence-electron chi connectivity index (χ2n) is 9.64. The third-order valence-corrected chi connectivity index (χ3v) is 7.48. The van der Waals surface area contributed by atoms with Crippen molar-refractivity contribution in [2.24, 2.45) is 11.0 Å². The Kier molecular flexibility index (Phi) is 8.14. The van der Waals surface area contributed by atoms with Crippen molar-refractivity contribution >= 4 is 17.5 Å². The molecule has 1 saturated carbocycles. The van der Waals surface area contributed by atoms with Gasteiger partial charge < -0.3 is 9.64 Å². The van der Waals surface area contributed by atoms with Crippen LogP contribution < -0.4 is 4.74 Å². The van der Waals surface area contributed by atoms with E-state index in [0.29, 0.717) is 17.0 Å². The fraction of sp³-hybridized carbons (Fsp3) is 0.577. The quantitative estimate of drug-likeness (QED) is 0.363. The number of aryl methyl sites for hydroxylation is 2. The molecular formula is C26H34ClN5O2. The average molecular weight is 484 g/mol. The summed E-state index contributed by atoms with van der Waals surface area (Å²) in [6.07, 6.45) is 11.2. The third-order valence-electron chi connectivity index (χ3n) is 7.28. The Balaban J connectivity index is 1.29. The molecule has 1 aliphatic heterocycles. The van der Waals surface area contributed by atoms with Crippen molar-refractivity contribution in [3.63, 3.8) is 0 Å². The van der Waals surface area contributed by atoms with E-state index < -0.39 is 6.10 Å². The minimum Gasteiger partial charge on any atom is -0.480 e. The van der Waals surface area contributed by atoms with E-state index in [1.54, 1.807) is 12.4 Å². The highest BCUT2D eigenvalue weighted by Crippen LogP contribution is 2.33. The maximum absolute atomic E-state index is 13.2. The van der Waals surface area contributed by atoms with Crippen LogP contribution in [-0.4, -0.2) is 39.5 Å². The summed E-state index contributed by atoms with van der Waals surface area (Å²) >= 11 is 5.88. The molecule has 8 heteroatoms. The Bertz CT molecular complexity index is 999. The van der Waals surface area contributed by atoms with Gasteiger partial charge in [-0.1, -0.05) is 36.6 Å². The van der Waals surface area contributed by atoms with E-state index in [1.165, 1.54) is 6.42 Å². The lowest BCUT2D eigenvalue weighted by atomic mass is 9.94. The summed E-state index contributed by atoms with van der Waals surface area (Å²) in [5.74, 6) is 2.36. The number of nitrogens with one attached hydrogen (secondary N) is 1. The molecule has 0 radical (unpaired) electrons. The van der Waals surface area contributed by atoms with Crippen LogP contribution >= 0.6 is 11.6 Å². The molecule has 1 aromatic carbocycles. The number of ether oxygens (including phenoxy) is 1. The van der Waals surface area contributed by atoms with Crippen LogP contribution in [0, 0.1) is 18.4 Å². The molecule has 1 amide bonds. The van der Waals surface area contributed by atoms with Crippen molar-refractivity contribution in [1.29, 1.82) is 5.53 Å². The summed E-state index contributed by atoms with van der Waals surface area (Å²) in [5, 5.41) is 4.16. The van der Waals surface area contributed by atoms with E-state index in [1.807, 2.05) is 32.0 Å². The van der Waals surface area contributed by atoms with Gasteiger partial charge in [0.1, 0.15) is 11.6 Å². The number of hydrogen-bond donors (Lipinski definition) is 1. The number of halogens is 1. The molecule has 0 spiro atoms. The Hall–Kier alpha value is -2.54. The zero-order valence-electron chi connectivity index (χ0n) is 20.0. The van der Waals surface area contributed by atoms with Gasteiger partial charge in [-0.2, -0.15) is 5.11 Å². The monoisotopic (exact) mass is 483 g/mol. The van der Waals surface area contributed by atoms with E-state index >= 15 is 0 Å². The molecule has 0 bridgehead atoms. The van der Waals surface area contributed by atoms with Gasteiger partial charge in [-0.25, -0.2) is 15.5 Å². The molecule has 1 aromatic heterocycles. The smallest absolute Gasteiger partial charge is 0.263 e. The van der Waals surface area contributed by atoms with Crippen LogP contribution in [0.1, 0.15) is 74.9 Å². The maximum atomic E-state index is 13.2. The van der Waals surface area contributed by atoms with E-state index in [2.05, 4.69) is 20.0 Å². The Morgan fingerprint density at radius 2 is 2.00 bits per heavy atom. The van der Waals surface area contributed by atoms with Crippen molar-refractivity contribution in [2.45, 2.75) is 83.4 Å². The van der Waals surface area contributed by atoms with Gasteiger partial charge in [0, 0.05) is 37.8 Å². The first-order valence-corrected chi connectivity index (χ1v) is 12.7. The summed E-state index contributed by atoms with van der Waals surface area (Å²) in [7, 11) is 0. The first-order valence-electron chi connectivity index (χ1n) is 12.3. The van der Waals surface area contributed by atoms with Crippen LogP contribution in [0.15, 0.2) is 35.7 Å². The van der Waals surface area contributed by atoms with Gasteiger partial charge in [0.25, 0.3) is 5.91 Å². The highest BCUT2D eigenvalue weighted by atomic mass is 35.5. The molecule has 7 nitrogen and oxygen atoms in total. The fourth-order valence-electron chi connectivity index (χ4n) is 5.20. The predicted molar refractivity (Wildman–Crippen MR) is 131 cm³/mol. The number of hydrogen-bond acceptors (Lipinski definition) is 6. The molecule has 1 saturated heterocycles. The summed E-state index contributed by atoms with van der Waals surface area (Å²) < 4.78 is 6.16. The van der Waals surface area contributed by atoms with Crippen LogP contribution in [-0.2, 0) is 11.2 Å². The number of rotatable bonds is 8. The molecule has 4 atom stereocenters. The van der Waals surface area contributed by atoms with Gasteiger partial charge in [-0.05, 0) is 62.6 Å². The summed E-state index contributed by atoms with van der Waals surface area (Å²) in [4.78, 5) is 23.9. The Labute approximate surface area is 206 Å². The van der Waals surface area contributed by atoms with Crippen molar-refractivity contribution < 1.29 is 9.53 Å². The van der Waals surface area contributed by atoms with E-state index in [4.69, 9.17) is 21.9 Å². The first-order chi connectivity index (χ1) is 16.4. The molecule has 1 N–H and O–H groups in total. The van der Waals surface area contributed by atoms with E-state index in [9.17, 15) is 4.79 Å².